The number of sulfone groups is 1. The Labute approximate surface area is 150 Å². The van der Waals surface area contributed by atoms with Crippen LogP contribution in [-0.4, -0.2) is 56.9 Å². The molecule has 140 valence electrons. The SMILES string of the molecule is Cc1cc(N2CCN(C(=O)OC(C)(C)C)C(C)C2)ccc1S(C)(=O)=O. The van der Waals surface area contributed by atoms with Gasteiger partial charge >= 0.3 is 6.09 Å². The average molecular weight is 368 g/mol. The molecule has 0 spiro atoms. The van der Waals surface area contributed by atoms with Gasteiger partial charge in [-0.05, 0) is 58.4 Å². The van der Waals surface area contributed by atoms with Gasteiger partial charge in [0.2, 0.25) is 0 Å². The Kier molecular flexibility index (Phi) is 5.37. The Morgan fingerprint density at radius 1 is 1.24 bits per heavy atom. The molecule has 0 bridgehead atoms. The maximum absolute atomic E-state index is 12.3. The van der Waals surface area contributed by atoms with Crippen molar-refractivity contribution in [2.24, 2.45) is 0 Å². The highest BCUT2D eigenvalue weighted by molar-refractivity contribution is 7.90. The van der Waals surface area contributed by atoms with E-state index in [1.54, 1.807) is 17.9 Å². The van der Waals surface area contributed by atoms with Crippen molar-refractivity contribution in [1.29, 1.82) is 0 Å². The lowest BCUT2D eigenvalue weighted by Gasteiger charge is -2.41. The highest BCUT2D eigenvalue weighted by Gasteiger charge is 2.31. The molecule has 1 aliphatic rings. The molecular weight excluding hydrogens is 340 g/mol. The van der Waals surface area contributed by atoms with Gasteiger partial charge in [0.05, 0.1) is 4.90 Å². The number of carbonyl (C=O) groups excluding carboxylic acids is 1. The fourth-order valence-corrected chi connectivity index (χ4v) is 3.99. The average Bonchev–Trinajstić information content (AvgIpc) is 2.43. The molecule has 0 radical (unpaired) electrons. The van der Waals surface area contributed by atoms with Crippen molar-refractivity contribution in [3.8, 4) is 0 Å². The second-order valence-electron chi connectivity index (χ2n) is 7.69. The van der Waals surface area contributed by atoms with Gasteiger partial charge in [-0.2, -0.15) is 0 Å². The van der Waals surface area contributed by atoms with E-state index >= 15 is 0 Å². The van der Waals surface area contributed by atoms with E-state index in [-0.39, 0.29) is 12.1 Å². The van der Waals surface area contributed by atoms with Crippen molar-refractivity contribution < 1.29 is 17.9 Å². The van der Waals surface area contributed by atoms with E-state index in [1.165, 1.54) is 6.26 Å². The van der Waals surface area contributed by atoms with E-state index in [0.29, 0.717) is 24.5 Å². The van der Waals surface area contributed by atoms with E-state index in [2.05, 4.69) is 4.90 Å². The van der Waals surface area contributed by atoms with E-state index < -0.39 is 15.4 Å². The Balaban J connectivity index is 2.11. The topological polar surface area (TPSA) is 66.9 Å². The lowest BCUT2D eigenvalue weighted by Crippen LogP contribution is -2.55. The Morgan fingerprint density at radius 3 is 2.36 bits per heavy atom. The monoisotopic (exact) mass is 368 g/mol. The molecule has 2 rings (SSSR count). The zero-order valence-electron chi connectivity index (χ0n) is 15.9. The molecule has 1 heterocycles. The highest BCUT2D eigenvalue weighted by atomic mass is 32.2. The lowest BCUT2D eigenvalue weighted by molar-refractivity contribution is 0.0159. The van der Waals surface area contributed by atoms with Crippen LogP contribution >= 0.6 is 0 Å². The second kappa shape index (κ2) is 6.86. The Bertz CT molecular complexity index is 753. The van der Waals surface area contributed by atoms with Gasteiger partial charge in [-0.3, -0.25) is 0 Å². The van der Waals surface area contributed by atoms with Crippen molar-refractivity contribution >= 4 is 21.6 Å². The van der Waals surface area contributed by atoms with Gasteiger partial charge in [0, 0.05) is 37.6 Å². The minimum absolute atomic E-state index is 0.0125. The first-order valence-corrected chi connectivity index (χ1v) is 10.3. The molecule has 0 aromatic heterocycles. The summed E-state index contributed by atoms with van der Waals surface area (Å²) in [5, 5.41) is 0. The third-order valence-corrected chi connectivity index (χ3v) is 5.44. The number of carbonyl (C=O) groups is 1. The van der Waals surface area contributed by atoms with Crippen LogP contribution in [0.1, 0.15) is 33.3 Å². The summed E-state index contributed by atoms with van der Waals surface area (Å²) < 4.78 is 29.0. The van der Waals surface area contributed by atoms with Crippen LogP contribution in [0, 0.1) is 6.92 Å². The molecule has 1 aromatic rings. The zero-order valence-corrected chi connectivity index (χ0v) is 16.7. The van der Waals surface area contributed by atoms with E-state index in [0.717, 1.165) is 11.3 Å². The van der Waals surface area contributed by atoms with Crippen LogP contribution in [0.15, 0.2) is 23.1 Å². The number of hydrogen-bond acceptors (Lipinski definition) is 5. The molecule has 6 nitrogen and oxygen atoms in total. The molecule has 0 aliphatic carbocycles. The van der Waals surface area contributed by atoms with Crippen LogP contribution in [0.2, 0.25) is 0 Å². The minimum Gasteiger partial charge on any atom is -0.444 e. The fourth-order valence-electron chi connectivity index (χ4n) is 3.03. The molecule has 1 aliphatic heterocycles. The first-order chi connectivity index (χ1) is 11.4. The quantitative estimate of drug-likeness (QED) is 0.803. The van der Waals surface area contributed by atoms with Crippen LogP contribution in [0.25, 0.3) is 0 Å². The maximum atomic E-state index is 12.3. The smallest absolute Gasteiger partial charge is 0.410 e. The van der Waals surface area contributed by atoms with Crippen LogP contribution < -0.4 is 4.90 Å². The van der Waals surface area contributed by atoms with Gasteiger partial charge in [-0.25, -0.2) is 13.2 Å². The minimum atomic E-state index is -3.22. The molecule has 7 heteroatoms. The third-order valence-electron chi connectivity index (χ3n) is 4.18. The molecular formula is C18H28N2O4S. The molecule has 1 aromatic carbocycles. The van der Waals surface area contributed by atoms with Gasteiger partial charge in [0.15, 0.2) is 9.84 Å². The maximum Gasteiger partial charge on any atom is 0.410 e. The van der Waals surface area contributed by atoms with E-state index in [1.807, 2.05) is 39.8 Å². The summed E-state index contributed by atoms with van der Waals surface area (Å²) in [4.78, 5) is 16.6. The van der Waals surface area contributed by atoms with Crippen molar-refractivity contribution in [3.63, 3.8) is 0 Å². The molecule has 1 saturated heterocycles. The van der Waals surface area contributed by atoms with Crippen LogP contribution in [0.3, 0.4) is 0 Å². The zero-order chi connectivity index (χ0) is 19.0. The highest BCUT2D eigenvalue weighted by Crippen LogP contribution is 2.25. The summed E-state index contributed by atoms with van der Waals surface area (Å²) in [5.41, 5.74) is 1.20. The number of benzene rings is 1. The number of aryl methyl sites for hydroxylation is 1. The van der Waals surface area contributed by atoms with E-state index in [4.69, 9.17) is 4.74 Å². The molecule has 1 atom stereocenters. The molecule has 1 fully saturated rings. The molecule has 0 saturated carbocycles. The van der Waals surface area contributed by atoms with Crippen molar-refractivity contribution in [2.45, 2.75) is 51.2 Å². The first-order valence-electron chi connectivity index (χ1n) is 8.44. The predicted octanol–water partition coefficient (Wildman–Crippen LogP) is 2.84. The number of nitrogens with zero attached hydrogens (tertiary/aromatic N) is 2. The number of amides is 1. The van der Waals surface area contributed by atoms with Gasteiger partial charge in [-0.1, -0.05) is 0 Å². The van der Waals surface area contributed by atoms with Gasteiger partial charge < -0.3 is 14.5 Å². The summed E-state index contributed by atoms with van der Waals surface area (Å²) in [6.07, 6.45) is 0.930. The number of piperazine rings is 1. The van der Waals surface area contributed by atoms with Crippen molar-refractivity contribution in [3.05, 3.63) is 23.8 Å². The second-order valence-corrected chi connectivity index (χ2v) is 9.67. The molecule has 25 heavy (non-hydrogen) atoms. The number of hydrogen-bond donors (Lipinski definition) is 0. The molecule has 1 unspecified atom stereocenters. The fraction of sp³-hybridized carbons (Fsp3) is 0.611. The van der Waals surface area contributed by atoms with E-state index in [9.17, 15) is 13.2 Å². The molecule has 1 amide bonds. The van der Waals surface area contributed by atoms with Crippen LogP contribution in [0.4, 0.5) is 10.5 Å². The number of ether oxygens (including phenoxy) is 1. The lowest BCUT2D eigenvalue weighted by atomic mass is 10.1. The van der Waals surface area contributed by atoms with Crippen LogP contribution in [0.5, 0.6) is 0 Å². The normalized spacial score (nSPS) is 19.0. The van der Waals surface area contributed by atoms with Crippen molar-refractivity contribution in [2.75, 3.05) is 30.8 Å². The molecule has 0 N–H and O–H groups in total. The summed E-state index contributed by atoms with van der Waals surface area (Å²) in [6, 6.07) is 5.40. The standard InChI is InChI=1S/C18H28N2O4S/c1-13-11-15(7-8-16(13)25(6,22)23)19-9-10-20(14(2)12-19)17(21)24-18(3,4)5/h7-8,11,14H,9-10,12H2,1-6H3. The van der Waals surface area contributed by atoms with Gasteiger partial charge in [-0.15, -0.1) is 0 Å². The third kappa shape index (κ3) is 4.87. The Morgan fingerprint density at radius 2 is 1.88 bits per heavy atom. The first kappa shape index (κ1) is 19.6. The van der Waals surface area contributed by atoms with Crippen molar-refractivity contribution in [1.82, 2.24) is 4.90 Å². The summed E-state index contributed by atoms with van der Waals surface area (Å²) in [6.45, 7) is 11.3. The number of rotatable bonds is 2. The number of anilines is 1. The summed E-state index contributed by atoms with van der Waals surface area (Å²) >= 11 is 0. The van der Waals surface area contributed by atoms with Gasteiger partial charge in [0.25, 0.3) is 0 Å². The van der Waals surface area contributed by atoms with Gasteiger partial charge in [0.1, 0.15) is 5.60 Å². The summed E-state index contributed by atoms with van der Waals surface area (Å²) in [5.74, 6) is 0. The Hall–Kier alpha value is -1.76. The summed E-state index contributed by atoms with van der Waals surface area (Å²) in [7, 11) is -3.22. The van der Waals surface area contributed by atoms with Crippen LogP contribution in [-0.2, 0) is 14.6 Å². The predicted molar refractivity (Wildman–Crippen MR) is 98.9 cm³/mol. The largest absolute Gasteiger partial charge is 0.444 e.